The predicted octanol–water partition coefficient (Wildman–Crippen LogP) is 2.96. The van der Waals surface area contributed by atoms with Crippen molar-refractivity contribution in [2.45, 2.75) is 25.3 Å². The molecule has 2 heterocycles. The largest absolute Gasteiger partial charge is 0.487 e. The summed E-state index contributed by atoms with van der Waals surface area (Å²) in [6.45, 7) is 3.61. The first-order valence-corrected chi connectivity index (χ1v) is 11.4. The molecule has 2 aromatic heterocycles. The standard InChI is InChI=1S/C21H19N7O5S/c1-14-11-15(2)23-21(22-14)25-34(31,32)20-9-5-17(6-10-20)27-12-16(24-26-27)13-33-19-7-3-18(4-8-19)28(29)30/h3-12H,13H2,1-2H3,(H,22,23,25). The number of nitro benzene ring substituents is 1. The summed E-state index contributed by atoms with van der Waals surface area (Å²) in [6.07, 6.45) is 1.64. The molecule has 0 radical (unpaired) electrons. The summed E-state index contributed by atoms with van der Waals surface area (Å²) in [5, 5.41) is 18.8. The highest BCUT2D eigenvalue weighted by Crippen LogP contribution is 2.19. The first-order chi connectivity index (χ1) is 16.2. The van der Waals surface area contributed by atoms with Crippen LogP contribution in [0.25, 0.3) is 5.69 Å². The second kappa shape index (κ2) is 9.23. The average molecular weight is 481 g/mol. The van der Waals surface area contributed by atoms with E-state index in [1.54, 1.807) is 38.2 Å². The van der Waals surface area contributed by atoms with E-state index in [2.05, 4.69) is 25.0 Å². The van der Waals surface area contributed by atoms with Crippen LogP contribution in [-0.2, 0) is 16.6 Å². The second-order valence-corrected chi connectivity index (χ2v) is 8.95. The van der Waals surface area contributed by atoms with Crippen molar-refractivity contribution >= 4 is 21.7 Å². The number of rotatable bonds is 8. The van der Waals surface area contributed by atoms with Crippen LogP contribution in [-0.4, -0.2) is 38.3 Å². The Hall–Kier alpha value is -4.39. The summed E-state index contributed by atoms with van der Waals surface area (Å²) >= 11 is 0. The Balaban J connectivity index is 1.42. The molecule has 0 unspecified atom stereocenters. The van der Waals surface area contributed by atoms with Crippen molar-refractivity contribution in [1.29, 1.82) is 0 Å². The number of nitro groups is 1. The van der Waals surface area contributed by atoms with Gasteiger partial charge < -0.3 is 4.74 Å². The van der Waals surface area contributed by atoms with Crippen molar-refractivity contribution in [2.24, 2.45) is 0 Å². The van der Waals surface area contributed by atoms with Gasteiger partial charge in [0.05, 0.1) is 21.7 Å². The van der Waals surface area contributed by atoms with Crippen LogP contribution in [0.4, 0.5) is 11.6 Å². The van der Waals surface area contributed by atoms with Crippen molar-refractivity contribution in [3.63, 3.8) is 0 Å². The van der Waals surface area contributed by atoms with Gasteiger partial charge in [0, 0.05) is 23.5 Å². The van der Waals surface area contributed by atoms with Crippen LogP contribution in [0.2, 0.25) is 0 Å². The van der Waals surface area contributed by atoms with E-state index in [-0.39, 0.29) is 23.1 Å². The smallest absolute Gasteiger partial charge is 0.269 e. The lowest BCUT2D eigenvalue weighted by atomic mass is 10.3. The van der Waals surface area contributed by atoms with Crippen LogP contribution in [0.1, 0.15) is 17.1 Å². The summed E-state index contributed by atoms with van der Waals surface area (Å²) in [4.78, 5) is 18.5. The quantitative estimate of drug-likeness (QED) is 0.295. The minimum atomic E-state index is -3.87. The Kier molecular flexibility index (Phi) is 6.19. The maximum absolute atomic E-state index is 12.7. The summed E-state index contributed by atoms with van der Waals surface area (Å²) in [5.41, 5.74) is 2.39. The molecule has 0 aliphatic carbocycles. The fraction of sp³-hybridized carbons (Fsp3) is 0.143. The number of benzene rings is 2. The van der Waals surface area contributed by atoms with E-state index < -0.39 is 14.9 Å². The van der Waals surface area contributed by atoms with Gasteiger partial charge >= 0.3 is 0 Å². The van der Waals surface area contributed by atoms with Gasteiger partial charge in [-0.1, -0.05) is 5.21 Å². The Labute approximate surface area is 194 Å². The third-order valence-electron chi connectivity index (χ3n) is 4.59. The van der Waals surface area contributed by atoms with Crippen molar-refractivity contribution in [3.8, 4) is 11.4 Å². The fourth-order valence-electron chi connectivity index (χ4n) is 3.04. The van der Waals surface area contributed by atoms with Gasteiger partial charge in [-0.05, 0) is 56.3 Å². The number of hydrogen-bond acceptors (Lipinski definition) is 9. The normalized spacial score (nSPS) is 11.2. The third-order valence-corrected chi connectivity index (χ3v) is 5.94. The van der Waals surface area contributed by atoms with Crippen molar-refractivity contribution < 1.29 is 18.1 Å². The monoisotopic (exact) mass is 481 g/mol. The number of aryl methyl sites for hydroxylation is 2. The zero-order valence-electron chi connectivity index (χ0n) is 18.1. The lowest BCUT2D eigenvalue weighted by Gasteiger charge is -2.08. The van der Waals surface area contributed by atoms with Gasteiger partial charge in [0.1, 0.15) is 18.1 Å². The van der Waals surface area contributed by atoms with Crippen LogP contribution >= 0.6 is 0 Å². The summed E-state index contributed by atoms with van der Waals surface area (Å²) in [7, 11) is -3.87. The van der Waals surface area contributed by atoms with Crippen molar-refractivity contribution in [3.05, 3.63) is 88.0 Å². The zero-order valence-corrected chi connectivity index (χ0v) is 18.9. The van der Waals surface area contributed by atoms with Gasteiger partial charge in [0.25, 0.3) is 15.7 Å². The van der Waals surface area contributed by atoms with Crippen molar-refractivity contribution in [1.82, 2.24) is 25.0 Å². The summed E-state index contributed by atoms with van der Waals surface area (Å²) < 4.78 is 34.8. The lowest BCUT2D eigenvalue weighted by Crippen LogP contribution is -2.15. The van der Waals surface area contributed by atoms with Gasteiger partial charge in [0.2, 0.25) is 5.95 Å². The Bertz CT molecular complexity index is 1420. The molecule has 0 bridgehead atoms. The number of nitrogens with one attached hydrogen (secondary N) is 1. The van der Waals surface area contributed by atoms with E-state index in [9.17, 15) is 18.5 Å². The topological polar surface area (TPSA) is 155 Å². The molecule has 0 atom stereocenters. The first-order valence-electron chi connectivity index (χ1n) is 9.94. The van der Waals surface area contributed by atoms with Crippen LogP contribution in [0.15, 0.2) is 65.7 Å². The van der Waals surface area contributed by atoms with E-state index in [0.29, 0.717) is 28.5 Å². The number of non-ortho nitro benzene ring substituents is 1. The van der Waals surface area contributed by atoms with Gasteiger partial charge in [-0.3, -0.25) is 10.1 Å². The number of nitrogens with zero attached hydrogens (tertiary/aromatic N) is 6. The van der Waals surface area contributed by atoms with E-state index >= 15 is 0 Å². The molecule has 2 aromatic carbocycles. The maximum atomic E-state index is 12.7. The first kappa shape index (κ1) is 22.8. The lowest BCUT2D eigenvalue weighted by molar-refractivity contribution is -0.384. The molecule has 0 aliphatic rings. The fourth-order valence-corrected chi connectivity index (χ4v) is 3.98. The summed E-state index contributed by atoms with van der Waals surface area (Å²) in [5.74, 6) is 0.463. The molecule has 0 saturated heterocycles. The highest BCUT2D eigenvalue weighted by Gasteiger charge is 2.16. The molecule has 13 heteroatoms. The highest BCUT2D eigenvalue weighted by atomic mass is 32.2. The molecule has 4 aromatic rings. The van der Waals surface area contributed by atoms with E-state index in [1.807, 2.05) is 0 Å². The van der Waals surface area contributed by atoms with Gasteiger partial charge in [-0.2, -0.15) is 0 Å². The SMILES string of the molecule is Cc1cc(C)nc(NS(=O)(=O)c2ccc(-n3cc(COc4ccc([N+](=O)[O-])cc4)nn3)cc2)n1. The van der Waals surface area contributed by atoms with Gasteiger partial charge in [-0.15, -0.1) is 5.10 Å². The Morgan fingerprint density at radius 3 is 2.29 bits per heavy atom. The molecular weight excluding hydrogens is 462 g/mol. The average Bonchev–Trinajstić information content (AvgIpc) is 3.26. The molecule has 1 N–H and O–H groups in total. The molecule has 0 amide bonds. The predicted molar refractivity (Wildman–Crippen MR) is 121 cm³/mol. The van der Waals surface area contributed by atoms with Crippen LogP contribution in [0.3, 0.4) is 0 Å². The van der Waals surface area contributed by atoms with Crippen molar-refractivity contribution in [2.75, 3.05) is 4.72 Å². The van der Waals surface area contributed by atoms with E-state index in [0.717, 1.165) is 0 Å². The molecule has 12 nitrogen and oxygen atoms in total. The molecule has 0 saturated carbocycles. The van der Waals surface area contributed by atoms with Crippen LogP contribution < -0.4 is 9.46 Å². The van der Waals surface area contributed by atoms with Gasteiger partial charge in [-0.25, -0.2) is 27.8 Å². The molecular formula is C21H19N7O5S. The highest BCUT2D eigenvalue weighted by molar-refractivity contribution is 7.92. The third kappa shape index (κ3) is 5.32. The summed E-state index contributed by atoms with van der Waals surface area (Å²) in [6, 6.07) is 13.5. The molecule has 0 aliphatic heterocycles. The Morgan fingerprint density at radius 2 is 1.68 bits per heavy atom. The Morgan fingerprint density at radius 1 is 1.03 bits per heavy atom. The molecule has 0 fully saturated rings. The maximum Gasteiger partial charge on any atom is 0.269 e. The number of ether oxygens (including phenoxy) is 1. The van der Waals surface area contributed by atoms with E-state index in [4.69, 9.17) is 4.74 Å². The second-order valence-electron chi connectivity index (χ2n) is 7.27. The molecule has 174 valence electrons. The van der Waals surface area contributed by atoms with Gasteiger partial charge in [0.15, 0.2) is 0 Å². The number of hydrogen-bond donors (Lipinski definition) is 1. The number of anilines is 1. The van der Waals surface area contributed by atoms with Crippen LogP contribution in [0, 0.1) is 24.0 Å². The minimum absolute atomic E-state index is 0.00974. The van der Waals surface area contributed by atoms with E-state index in [1.165, 1.54) is 41.1 Å². The zero-order chi connectivity index (χ0) is 24.3. The number of aromatic nitrogens is 5. The number of sulfonamides is 1. The minimum Gasteiger partial charge on any atom is -0.487 e. The molecule has 4 rings (SSSR count). The molecule has 34 heavy (non-hydrogen) atoms. The molecule has 0 spiro atoms. The van der Waals surface area contributed by atoms with Crippen LogP contribution in [0.5, 0.6) is 5.75 Å².